The Kier molecular flexibility index (Phi) is 2.37. The van der Waals surface area contributed by atoms with E-state index >= 15 is 0 Å². The molecule has 5 heteroatoms. The van der Waals surface area contributed by atoms with Crippen LogP contribution in [0.25, 0.3) is 5.57 Å². The smallest absolute Gasteiger partial charge is 0.373 e. The van der Waals surface area contributed by atoms with Crippen molar-refractivity contribution in [3.63, 3.8) is 0 Å². The lowest BCUT2D eigenvalue weighted by Crippen LogP contribution is -1.95. The fourth-order valence-corrected chi connectivity index (χ4v) is 1.37. The topological polar surface area (TPSA) is 75.7 Å². The van der Waals surface area contributed by atoms with Gasteiger partial charge in [-0.3, -0.25) is 4.99 Å². The summed E-state index contributed by atoms with van der Waals surface area (Å²) in [4.78, 5) is 18.9. The average Bonchev–Trinajstić information content (AvgIpc) is 2.62. The van der Waals surface area contributed by atoms with Gasteiger partial charge in [0.15, 0.2) is 0 Å². The van der Waals surface area contributed by atoms with Gasteiger partial charge in [0.1, 0.15) is 0 Å². The molecule has 15 heavy (non-hydrogen) atoms. The van der Waals surface area contributed by atoms with Crippen LogP contribution in [0, 0.1) is 6.92 Å². The van der Waals surface area contributed by atoms with Gasteiger partial charge < -0.3 is 9.52 Å². The molecule has 0 spiro atoms. The van der Waals surface area contributed by atoms with E-state index < -0.39 is 5.97 Å². The number of dihydropyridines is 1. The third-order valence-corrected chi connectivity index (χ3v) is 2.09. The van der Waals surface area contributed by atoms with Crippen molar-refractivity contribution in [3.8, 4) is 0 Å². The summed E-state index contributed by atoms with van der Waals surface area (Å²) in [5, 5.41) is 8.79. The zero-order chi connectivity index (χ0) is 10.8. The van der Waals surface area contributed by atoms with Crippen LogP contribution in [-0.2, 0) is 0 Å². The molecule has 1 aromatic rings. The largest absolute Gasteiger partial charge is 0.475 e. The Labute approximate surface area is 86.2 Å². The van der Waals surface area contributed by atoms with E-state index in [1.54, 1.807) is 13.1 Å². The van der Waals surface area contributed by atoms with E-state index in [9.17, 15) is 4.79 Å². The van der Waals surface area contributed by atoms with Gasteiger partial charge in [-0.05, 0) is 13.3 Å². The first-order valence-electron chi connectivity index (χ1n) is 4.59. The van der Waals surface area contributed by atoms with Crippen LogP contribution in [0.15, 0.2) is 15.5 Å². The lowest BCUT2D eigenvalue weighted by Gasteiger charge is -2.00. The number of aliphatic imine (C=N–C) groups is 1. The van der Waals surface area contributed by atoms with Crippen LogP contribution >= 0.6 is 0 Å². The number of nitrogens with zero attached hydrogens (tertiary/aromatic N) is 2. The second-order valence-corrected chi connectivity index (χ2v) is 3.22. The fourth-order valence-electron chi connectivity index (χ4n) is 1.37. The molecule has 0 atom stereocenters. The van der Waals surface area contributed by atoms with Crippen LogP contribution < -0.4 is 0 Å². The molecule has 0 saturated carbocycles. The first kappa shape index (κ1) is 9.64. The van der Waals surface area contributed by atoms with Crippen molar-refractivity contribution in [2.24, 2.45) is 4.99 Å². The van der Waals surface area contributed by atoms with Gasteiger partial charge in [-0.25, -0.2) is 9.78 Å². The molecule has 2 rings (SSSR count). The molecule has 78 valence electrons. The van der Waals surface area contributed by atoms with E-state index in [1.165, 1.54) is 0 Å². The Hall–Kier alpha value is -1.91. The van der Waals surface area contributed by atoms with Gasteiger partial charge in [0.25, 0.3) is 0 Å². The van der Waals surface area contributed by atoms with Crippen molar-refractivity contribution >= 4 is 17.8 Å². The number of carboxylic acid groups (broad SMARTS) is 1. The molecular formula is C10H10N2O3. The van der Waals surface area contributed by atoms with E-state index in [0.29, 0.717) is 11.6 Å². The summed E-state index contributed by atoms with van der Waals surface area (Å²) in [5.41, 5.74) is 1.13. The standard InChI is InChI=1S/C10H10N2O3/c1-6-8(10(13)14)15-9(12-6)7-3-2-4-11-5-7/h3,5H,2,4H2,1H3,(H,13,14). The summed E-state index contributed by atoms with van der Waals surface area (Å²) in [6.07, 6.45) is 4.42. The normalized spacial score (nSPS) is 15.1. The number of hydrogen-bond acceptors (Lipinski definition) is 4. The number of aryl methyl sites for hydroxylation is 1. The molecule has 0 saturated heterocycles. The Morgan fingerprint density at radius 1 is 1.60 bits per heavy atom. The number of carbonyl (C=O) groups is 1. The van der Waals surface area contributed by atoms with Gasteiger partial charge in [0, 0.05) is 12.8 Å². The Bertz CT molecular complexity index is 457. The lowest BCUT2D eigenvalue weighted by atomic mass is 10.2. The highest BCUT2D eigenvalue weighted by Gasteiger charge is 2.18. The van der Waals surface area contributed by atoms with Gasteiger partial charge in [0.05, 0.1) is 11.3 Å². The SMILES string of the molecule is Cc1nc(C2=CCCN=C2)oc1C(=O)O. The predicted molar refractivity (Wildman–Crippen MR) is 54.2 cm³/mol. The van der Waals surface area contributed by atoms with E-state index in [2.05, 4.69) is 9.98 Å². The van der Waals surface area contributed by atoms with Crippen LogP contribution in [0.5, 0.6) is 0 Å². The zero-order valence-corrected chi connectivity index (χ0v) is 8.23. The first-order valence-corrected chi connectivity index (χ1v) is 4.59. The lowest BCUT2D eigenvalue weighted by molar-refractivity contribution is 0.0661. The van der Waals surface area contributed by atoms with Crippen LogP contribution in [0.4, 0.5) is 0 Å². The molecule has 1 aromatic heterocycles. The van der Waals surface area contributed by atoms with Crippen molar-refractivity contribution in [2.45, 2.75) is 13.3 Å². The summed E-state index contributed by atoms with van der Waals surface area (Å²) in [6.45, 7) is 2.37. The molecule has 0 radical (unpaired) electrons. The van der Waals surface area contributed by atoms with Crippen LogP contribution in [0.2, 0.25) is 0 Å². The quantitative estimate of drug-likeness (QED) is 0.796. The van der Waals surface area contributed by atoms with Gasteiger partial charge >= 0.3 is 5.97 Å². The Morgan fingerprint density at radius 2 is 2.40 bits per heavy atom. The molecule has 2 heterocycles. The first-order chi connectivity index (χ1) is 7.18. The molecule has 0 aromatic carbocycles. The summed E-state index contributed by atoms with van der Waals surface area (Å²) in [5.74, 6) is -0.877. The number of aromatic nitrogens is 1. The van der Waals surface area contributed by atoms with E-state index in [-0.39, 0.29) is 5.76 Å². The van der Waals surface area contributed by atoms with E-state index in [1.807, 2.05) is 6.08 Å². The minimum atomic E-state index is -1.10. The zero-order valence-electron chi connectivity index (χ0n) is 8.23. The molecule has 0 fully saturated rings. The second kappa shape index (κ2) is 3.68. The van der Waals surface area contributed by atoms with Crippen molar-refractivity contribution in [1.29, 1.82) is 0 Å². The highest BCUT2D eigenvalue weighted by atomic mass is 16.4. The molecule has 0 unspecified atom stereocenters. The van der Waals surface area contributed by atoms with Crippen LogP contribution in [-0.4, -0.2) is 28.8 Å². The highest BCUT2D eigenvalue weighted by Crippen LogP contribution is 2.18. The molecule has 1 aliphatic rings. The minimum Gasteiger partial charge on any atom is -0.475 e. The Balaban J connectivity index is 2.38. The van der Waals surface area contributed by atoms with E-state index in [4.69, 9.17) is 9.52 Å². The predicted octanol–water partition coefficient (Wildman–Crippen LogP) is 1.54. The summed E-state index contributed by atoms with van der Waals surface area (Å²) >= 11 is 0. The maximum absolute atomic E-state index is 10.7. The number of carboxylic acids is 1. The van der Waals surface area contributed by atoms with Crippen molar-refractivity contribution < 1.29 is 14.3 Å². The summed E-state index contributed by atoms with van der Waals surface area (Å²) in [7, 11) is 0. The minimum absolute atomic E-state index is 0.107. The number of aromatic carboxylic acids is 1. The third-order valence-electron chi connectivity index (χ3n) is 2.09. The van der Waals surface area contributed by atoms with Crippen LogP contribution in [0.3, 0.4) is 0 Å². The number of rotatable bonds is 2. The monoisotopic (exact) mass is 206 g/mol. The molecule has 5 nitrogen and oxygen atoms in total. The molecule has 0 aliphatic carbocycles. The maximum atomic E-state index is 10.7. The van der Waals surface area contributed by atoms with Crippen LogP contribution in [0.1, 0.15) is 28.6 Å². The molecule has 1 aliphatic heterocycles. The second-order valence-electron chi connectivity index (χ2n) is 3.22. The van der Waals surface area contributed by atoms with Gasteiger partial charge in [-0.1, -0.05) is 6.08 Å². The summed E-state index contributed by atoms with van der Waals surface area (Å²) < 4.78 is 5.15. The molecule has 0 amide bonds. The highest BCUT2D eigenvalue weighted by molar-refractivity contribution is 6.08. The van der Waals surface area contributed by atoms with E-state index in [0.717, 1.165) is 18.5 Å². The third kappa shape index (κ3) is 1.81. The van der Waals surface area contributed by atoms with Crippen molar-refractivity contribution in [2.75, 3.05) is 6.54 Å². The maximum Gasteiger partial charge on any atom is 0.373 e. The molecule has 0 bridgehead atoms. The molecular weight excluding hydrogens is 196 g/mol. The van der Waals surface area contributed by atoms with Crippen molar-refractivity contribution in [1.82, 2.24) is 4.98 Å². The number of oxazole rings is 1. The fraction of sp³-hybridized carbons (Fsp3) is 0.300. The number of hydrogen-bond donors (Lipinski definition) is 1. The molecule has 1 N–H and O–H groups in total. The van der Waals surface area contributed by atoms with Gasteiger partial charge in [-0.15, -0.1) is 0 Å². The Morgan fingerprint density at radius 3 is 2.93 bits per heavy atom. The average molecular weight is 206 g/mol. The number of allylic oxidation sites excluding steroid dienone is 1. The van der Waals surface area contributed by atoms with Crippen molar-refractivity contribution in [3.05, 3.63) is 23.4 Å². The van der Waals surface area contributed by atoms with Gasteiger partial charge in [0.2, 0.25) is 11.7 Å². The van der Waals surface area contributed by atoms with Gasteiger partial charge in [-0.2, -0.15) is 0 Å². The summed E-state index contributed by atoms with van der Waals surface area (Å²) in [6, 6.07) is 0.